The van der Waals surface area contributed by atoms with Crippen LogP contribution in [-0.4, -0.2) is 25.0 Å². The van der Waals surface area contributed by atoms with Gasteiger partial charge in [0.2, 0.25) is 5.91 Å². The zero-order chi connectivity index (χ0) is 18.9. The first kappa shape index (κ1) is 23.9. The number of carbonyl (C=O) groups is 2. The van der Waals surface area contributed by atoms with Crippen molar-refractivity contribution >= 4 is 11.9 Å². The van der Waals surface area contributed by atoms with Gasteiger partial charge in [0, 0.05) is 19.5 Å². The molecule has 25 heavy (non-hydrogen) atoms. The zero-order valence-electron chi connectivity index (χ0n) is 16.9. The number of hydrogen-bond acceptors (Lipinski definition) is 4. The van der Waals surface area contributed by atoms with E-state index in [0.717, 1.165) is 25.7 Å². The van der Waals surface area contributed by atoms with E-state index in [2.05, 4.69) is 38.5 Å². The molecule has 0 rings (SSSR count). The zero-order valence-corrected chi connectivity index (χ0v) is 16.9. The Labute approximate surface area is 154 Å². The van der Waals surface area contributed by atoms with Gasteiger partial charge in [-0.25, -0.2) is 0 Å². The molecule has 5 heteroatoms. The molecule has 0 fully saturated rings. The molecule has 2 unspecified atom stereocenters. The van der Waals surface area contributed by atoms with Crippen molar-refractivity contribution in [2.24, 2.45) is 11.8 Å². The highest BCUT2D eigenvalue weighted by Crippen LogP contribution is 2.12. The topological polar surface area (TPSA) is 67.4 Å². The second kappa shape index (κ2) is 16.4. The number of nitrogens with one attached hydrogen (secondary N) is 2. The molecule has 0 aliphatic rings. The second-order valence-corrected chi connectivity index (χ2v) is 6.96. The maximum atomic E-state index is 11.8. The molecule has 1 amide bonds. The van der Waals surface area contributed by atoms with E-state index < -0.39 is 0 Å². The molecule has 0 saturated carbocycles. The quantitative estimate of drug-likeness (QED) is 0.403. The fourth-order valence-corrected chi connectivity index (χ4v) is 2.74. The van der Waals surface area contributed by atoms with E-state index in [1.54, 1.807) is 0 Å². The summed E-state index contributed by atoms with van der Waals surface area (Å²) in [7, 11) is 0. The molecule has 2 N–H and O–H groups in total. The van der Waals surface area contributed by atoms with Crippen molar-refractivity contribution in [3.8, 4) is 0 Å². The average molecular weight is 357 g/mol. The molecule has 0 aliphatic carbocycles. The first-order chi connectivity index (χ1) is 12.1. The Morgan fingerprint density at radius 1 is 0.840 bits per heavy atom. The molecular formula is C20H40N2O3. The lowest BCUT2D eigenvalue weighted by molar-refractivity contribution is -0.152. The van der Waals surface area contributed by atoms with Gasteiger partial charge >= 0.3 is 5.97 Å². The normalized spacial score (nSPS) is 13.3. The van der Waals surface area contributed by atoms with E-state index in [4.69, 9.17) is 4.84 Å². The Kier molecular flexibility index (Phi) is 15.7. The van der Waals surface area contributed by atoms with E-state index in [9.17, 15) is 9.59 Å². The van der Waals surface area contributed by atoms with Gasteiger partial charge in [-0.05, 0) is 24.7 Å². The summed E-state index contributed by atoms with van der Waals surface area (Å²) in [5.74, 6) is 0.636. The number of hydrogen-bond donors (Lipinski definition) is 2. The highest BCUT2D eigenvalue weighted by Gasteiger charge is 2.12. The van der Waals surface area contributed by atoms with Crippen LogP contribution in [0.5, 0.6) is 0 Å². The van der Waals surface area contributed by atoms with E-state index in [0.29, 0.717) is 24.9 Å². The lowest BCUT2D eigenvalue weighted by atomic mass is 9.99. The van der Waals surface area contributed by atoms with Crippen molar-refractivity contribution in [2.45, 2.75) is 91.9 Å². The van der Waals surface area contributed by atoms with Crippen LogP contribution in [0.15, 0.2) is 0 Å². The van der Waals surface area contributed by atoms with Crippen LogP contribution >= 0.6 is 0 Å². The van der Waals surface area contributed by atoms with Crippen LogP contribution in [0.2, 0.25) is 0 Å². The molecule has 0 aromatic carbocycles. The molecule has 0 aromatic rings. The Morgan fingerprint density at radius 3 is 1.92 bits per heavy atom. The second-order valence-electron chi connectivity index (χ2n) is 6.96. The Bertz CT molecular complexity index is 348. The number of rotatable bonds is 16. The first-order valence-corrected chi connectivity index (χ1v) is 10.3. The van der Waals surface area contributed by atoms with Gasteiger partial charge in [0.05, 0.1) is 6.42 Å². The maximum absolute atomic E-state index is 11.8. The SMILES string of the molecule is CCCCC(CC)CNOC(=O)CCC(=O)NCC(CC)CCCC. The molecule has 0 bridgehead atoms. The highest BCUT2D eigenvalue weighted by atomic mass is 16.7. The van der Waals surface area contributed by atoms with Gasteiger partial charge in [-0.15, -0.1) is 0 Å². The largest absolute Gasteiger partial charge is 0.371 e. The van der Waals surface area contributed by atoms with Crippen molar-refractivity contribution < 1.29 is 14.4 Å². The summed E-state index contributed by atoms with van der Waals surface area (Å²) >= 11 is 0. The summed E-state index contributed by atoms with van der Waals surface area (Å²) in [5, 5.41) is 2.94. The minimum Gasteiger partial charge on any atom is -0.371 e. The predicted octanol–water partition coefficient (Wildman–Crippen LogP) is 4.36. The maximum Gasteiger partial charge on any atom is 0.325 e. The van der Waals surface area contributed by atoms with Gasteiger partial charge in [0.25, 0.3) is 0 Å². The fourth-order valence-electron chi connectivity index (χ4n) is 2.74. The molecule has 0 aromatic heterocycles. The average Bonchev–Trinajstić information content (AvgIpc) is 2.62. The van der Waals surface area contributed by atoms with Crippen molar-refractivity contribution in [3.05, 3.63) is 0 Å². The minimum atomic E-state index is -0.362. The van der Waals surface area contributed by atoms with Gasteiger partial charge in [-0.1, -0.05) is 66.2 Å². The van der Waals surface area contributed by atoms with Crippen molar-refractivity contribution in [2.75, 3.05) is 13.1 Å². The van der Waals surface area contributed by atoms with Crippen LogP contribution in [0.3, 0.4) is 0 Å². The third kappa shape index (κ3) is 13.8. The summed E-state index contributed by atoms with van der Waals surface area (Å²) in [6, 6.07) is 0. The lowest BCUT2D eigenvalue weighted by Gasteiger charge is -2.15. The molecule has 2 atom stereocenters. The Balaban J connectivity index is 3.80. The molecule has 0 heterocycles. The van der Waals surface area contributed by atoms with E-state index in [1.807, 2.05) is 0 Å². The first-order valence-electron chi connectivity index (χ1n) is 10.3. The van der Waals surface area contributed by atoms with Crippen molar-refractivity contribution in [1.82, 2.24) is 10.8 Å². The van der Waals surface area contributed by atoms with Crippen LogP contribution in [-0.2, 0) is 14.4 Å². The van der Waals surface area contributed by atoms with Crippen LogP contribution in [0.4, 0.5) is 0 Å². The molecule has 0 spiro atoms. The van der Waals surface area contributed by atoms with E-state index >= 15 is 0 Å². The van der Waals surface area contributed by atoms with Gasteiger partial charge in [0.15, 0.2) is 0 Å². The summed E-state index contributed by atoms with van der Waals surface area (Å²) in [6.07, 6.45) is 9.52. The van der Waals surface area contributed by atoms with Crippen LogP contribution in [0.25, 0.3) is 0 Å². The van der Waals surface area contributed by atoms with Gasteiger partial charge in [-0.3, -0.25) is 9.59 Å². The summed E-state index contributed by atoms with van der Waals surface area (Å²) in [6.45, 7) is 10.1. The van der Waals surface area contributed by atoms with Crippen molar-refractivity contribution in [1.29, 1.82) is 0 Å². The number of unbranched alkanes of at least 4 members (excludes halogenated alkanes) is 2. The molecule has 0 saturated heterocycles. The number of carbonyl (C=O) groups excluding carboxylic acids is 2. The fraction of sp³-hybridized carbons (Fsp3) is 0.900. The van der Waals surface area contributed by atoms with Crippen LogP contribution < -0.4 is 10.8 Å². The predicted molar refractivity (Wildman–Crippen MR) is 103 cm³/mol. The van der Waals surface area contributed by atoms with Gasteiger partial charge in [-0.2, -0.15) is 5.48 Å². The summed E-state index contributed by atoms with van der Waals surface area (Å²) in [5.41, 5.74) is 2.77. The standard InChI is InChI=1S/C20H40N2O3/c1-5-9-11-17(7-3)15-21-19(23)13-14-20(24)25-22-16-18(8-4)12-10-6-2/h17-18,22H,5-16H2,1-4H3,(H,21,23). The summed E-state index contributed by atoms with van der Waals surface area (Å²) < 4.78 is 0. The molecule has 0 aliphatic heterocycles. The van der Waals surface area contributed by atoms with Gasteiger partial charge < -0.3 is 10.2 Å². The van der Waals surface area contributed by atoms with Crippen LogP contribution in [0, 0.1) is 11.8 Å². The minimum absolute atomic E-state index is 0.0683. The Hall–Kier alpha value is -1.10. The molecule has 0 radical (unpaired) electrons. The van der Waals surface area contributed by atoms with E-state index in [1.165, 1.54) is 25.7 Å². The molecular weight excluding hydrogens is 316 g/mol. The third-order valence-corrected chi connectivity index (χ3v) is 4.79. The number of hydroxylamine groups is 1. The monoisotopic (exact) mass is 356 g/mol. The Morgan fingerprint density at radius 2 is 1.40 bits per heavy atom. The van der Waals surface area contributed by atoms with Crippen molar-refractivity contribution in [3.63, 3.8) is 0 Å². The molecule has 148 valence electrons. The van der Waals surface area contributed by atoms with E-state index in [-0.39, 0.29) is 24.7 Å². The number of amides is 1. The smallest absolute Gasteiger partial charge is 0.325 e. The summed E-state index contributed by atoms with van der Waals surface area (Å²) in [4.78, 5) is 28.6. The van der Waals surface area contributed by atoms with Crippen LogP contribution in [0.1, 0.15) is 91.9 Å². The molecule has 5 nitrogen and oxygen atoms in total. The highest BCUT2D eigenvalue weighted by molar-refractivity contribution is 5.81. The lowest BCUT2D eigenvalue weighted by Crippen LogP contribution is -2.30. The van der Waals surface area contributed by atoms with Gasteiger partial charge in [0.1, 0.15) is 0 Å². The third-order valence-electron chi connectivity index (χ3n) is 4.79.